The number of amides is 1. The lowest BCUT2D eigenvalue weighted by molar-refractivity contribution is -0.145. The van der Waals surface area contributed by atoms with Crippen LogP contribution < -0.4 is 5.32 Å². The van der Waals surface area contributed by atoms with Gasteiger partial charge in [0, 0.05) is 7.11 Å². The van der Waals surface area contributed by atoms with Gasteiger partial charge in [0.15, 0.2) is 0 Å². The zero-order valence-electron chi connectivity index (χ0n) is 10.4. The van der Waals surface area contributed by atoms with Gasteiger partial charge in [-0.1, -0.05) is 20.8 Å². The Kier molecular flexibility index (Phi) is 7.54. The number of hydrogen-bond donors (Lipinski definition) is 1. The molecule has 0 aliphatic rings. The van der Waals surface area contributed by atoms with Crippen molar-refractivity contribution in [2.24, 2.45) is 11.8 Å². The molecule has 0 aromatic heterocycles. The van der Waals surface area contributed by atoms with Gasteiger partial charge in [-0.15, -0.1) is 0 Å². The number of rotatable bonds is 7. The third kappa shape index (κ3) is 7.23. The van der Waals surface area contributed by atoms with E-state index in [0.29, 0.717) is 18.4 Å². The van der Waals surface area contributed by atoms with Gasteiger partial charge >= 0.3 is 5.97 Å². The molecule has 0 rings (SSSR count). The van der Waals surface area contributed by atoms with Crippen molar-refractivity contribution in [2.45, 2.75) is 20.8 Å². The van der Waals surface area contributed by atoms with Crippen molar-refractivity contribution in [3.8, 4) is 0 Å². The summed E-state index contributed by atoms with van der Waals surface area (Å²) >= 11 is 0. The molecule has 16 heavy (non-hydrogen) atoms. The van der Waals surface area contributed by atoms with Crippen molar-refractivity contribution in [1.82, 2.24) is 5.32 Å². The molecule has 0 spiro atoms. The van der Waals surface area contributed by atoms with Crippen molar-refractivity contribution in [3.63, 3.8) is 0 Å². The summed E-state index contributed by atoms with van der Waals surface area (Å²) in [7, 11) is 1.42. The highest BCUT2D eigenvalue weighted by molar-refractivity contribution is 5.82. The average Bonchev–Trinajstić information content (AvgIpc) is 2.23. The molecule has 1 amide bonds. The second kappa shape index (κ2) is 8.10. The van der Waals surface area contributed by atoms with Crippen LogP contribution in [0.2, 0.25) is 0 Å². The highest BCUT2D eigenvalue weighted by Crippen LogP contribution is 2.09. The molecule has 0 heterocycles. The Bertz CT molecular complexity index is 228. The molecule has 0 aromatic carbocycles. The molecule has 0 saturated heterocycles. The molecule has 0 aliphatic heterocycles. The third-order valence-corrected chi connectivity index (χ3v) is 2.35. The molecule has 1 atom stereocenters. The largest absolute Gasteiger partial charge is 0.464 e. The molecule has 0 aliphatic carbocycles. The van der Waals surface area contributed by atoms with E-state index in [-0.39, 0.29) is 19.1 Å². The monoisotopic (exact) mass is 231 g/mol. The molecule has 0 fully saturated rings. The standard InChI is InChI=1S/C11H21NO4/c1-8(2)9(3)6-16-11(14)5-12-10(13)7-15-4/h8-9H,5-7H2,1-4H3,(H,12,13). The van der Waals surface area contributed by atoms with E-state index in [1.54, 1.807) is 0 Å². The van der Waals surface area contributed by atoms with Crippen LogP contribution in [0.4, 0.5) is 0 Å². The summed E-state index contributed by atoms with van der Waals surface area (Å²) in [5.41, 5.74) is 0. The maximum Gasteiger partial charge on any atom is 0.325 e. The Morgan fingerprint density at radius 3 is 2.38 bits per heavy atom. The number of carbonyl (C=O) groups is 2. The van der Waals surface area contributed by atoms with Crippen molar-refractivity contribution in [3.05, 3.63) is 0 Å². The summed E-state index contributed by atoms with van der Waals surface area (Å²) in [5, 5.41) is 2.40. The zero-order valence-corrected chi connectivity index (χ0v) is 10.4. The molecule has 0 bridgehead atoms. The zero-order chi connectivity index (χ0) is 12.6. The summed E-state index contributed by atoms with van der Waals surface area (Å²) in [6.45, 7) is 6.39. The van der Waals surface area contributed by atoms with Crippen LogP contribution in [0.25, 0.3) is 0 Å². The van der Waals surface area contributed by atoms with Crippen LogP contribution in [0.3, 0.4) is 0 Å². The molecule has 5 nitrogen and oxygen atoms in total. The molecule has 94 valence electrons. The van der Waals surface area contributed by atoms with Crippen LogP contribution >= 0.6 is 0 Å². The Hall–Kier alpha value is -1.10. The molecule has 0 saturated carbocycles. The minimum absolute atomic E-state index is 0.0460. The van der Waals surface area contributed by atoms with Crippen molar-refractivity contribution < 1.29 is 19.1 Å². The van der Waals surface area contributed by atoms with Crippen LogP contribution in [0.1, 0.15) is 20.8 Å². The summed E-state index contributed by atoms with van der Waals surface area (Å²) in [6, 6.07) is 0. The average molecular weight is 231 g/mol. The summed E-state index contributed by atoms with van der Waals surface area (Å²) < 4.78 is 9.60. The minimum Gasteiger partial charge on any atom is -0.464 e. The maximum absolute atomic E-state index is 11.2. The lowest BCUT2D eigenvalue weighted by atomic mass is 9.99. The number of methoxy groups -OCH3 is 1. The van der Waals surface area contributed by atoms with Gasteiger partial charge in [0.05, 0.1) is 6.61 Å². The summed E-state index contributed by atoms with van der Waals surface area (Å²) in [4.78, 5) is 22.2. The van der Waals surface area contributed by atoms with E-state index < -0.39 is 5.97 Å². The lowest BCUT2D eigenvalue weighted by Crippen LogP contribution is -2.33. The fraction of sp³-hybridized carbons (Fsp3) is 0.818. The van der Waals surface area contributed by atoms with Gasteiger partial charge in [-0.2, -0.15) is 0 Å². The van der Waals surface area contributed by atoms with Crippen molar-refractivity contribution in [2.75, 3.05) is 26.9 Å². The van der Waals surface area contributed by atoms with Gasteiger partial charge in [-0.3, -0.25) is 9.59 Å². The van der Waals surface area contributed by atoms with Crippen LogP contribution in [-0.4, -0.2) is 38.7 Å². The Labute approximate surface area is 96.5 Å². The van der Waals surface area contributed by atoms with Gasteiger partial charge in [-0.05, 0) is 11.8 Å². The van der Waals surface area contributed by atoms with E-state index in [0.717, 1.165) is 0 Å². The van der Waals surface area contributed by atoms with Crippen LogP contribution in [0.5, 0.6) is 0 Å². The normalized spacial score (nSPS) is 12.3. The predicted octanol–water partition coefficient (Wildman–Crippen LogP) is 0.584. The number of hydrogen-bond acceptors (Lipinski definition) is 4. The first-order chi connectivity index (χ1) is 7.47. The molecule has 0 radical (unpaired) electrons. The number of ether oxygens (including phenoxy) is 2. The van der Waals surface area contributed by atoms with E-state index in [1.165, 1.54) is 7.11 Å². The third-order valence-electron chi connectivity index (χ3n) is 2.35. The van der Waals surface area contributed by atoms with Crippen LogP contribution in [0.15, 0.2) is 0 Å². The first-order valence-corrected chi connectivity index (χ1v) is 5.38. The topological polar surface area (TPSA) is 64.6 Å². The van der Waals surface area contributed by atoms with E-state index in [2.05, 4.69) is 23.9 Å². The summed E-state index contributed by atoms with van der Waals surface area (Å²) in [5.74, 6) is 0.0443. The van der Waals surface area contributed by atoms with Gasteiger partial charge < -0.3 is 14.8 Å². The lowest BCUT2D eigenvalue weighted by Gasteiger charge is -2.15. The molecule has 5 heteroatoms. The molecular formula is C11H21NO4. The Morgan fingerprint density at radius 1 is 1.25 bits per heavy atom. The van der Waals surface area contributed by atoms with E-state index in [1.807, 2.05) is 6.92 Å². The molecule has 1 unspecified atom stereocenters. The SMILES string of the molecule is COCC(=O)NCC(=O)OCC(C)C(C)C. The van der Waals surface area contributed by atoms with E-state index >= 15 is 0 Å². The molecule has 0 aromatic rings. The first-order valence-electron chi connectivity index (χ1n) is 5.38. The minimum atomic E-state index is -0.419. The van der Waals surface area contributed by atoms with E-state index in [4.69, 9.17) is 4.74 Å². The highest BCUT2D eigenvalue weighted by atomic mass is 16.5. The molecule has 1 N–H and O–H groups in total. The summed E-state index contributed by atoms with van der Waals surface area (Å²) in [6.07, 6.45) is 0. The second-order valence-electron chi connectivity index (χ2n) is 4.11. The van der Waals surface area contributed by atoms with Crippen LogP contribution in [0, 0.1) is 11.8 Å². The quantitative estimate of drug-likeness (QED) is 0.651. The molecular weight excluding hydrogens is 210 g/mol. The Morgan fingerprint density at radius 2 is 1.88 bits per heavy atom. The Balaban J connectivity index is 3.63. The smallest absolute Gasteiger partial charge is 0.325 e. The maximum atomic E-state index is 11.2. The number of esters is 1. The van der Waals surface area contributed by atoms with Crippen LogP contribution in [-0.2, 0) is 19.1 Å². The van der Waals surface area contributed by atoms with Crippen molar-refractivity contribution >= 4 is 11.9 Å². The highest BCUT2D eigenvalue weighted by Gasteiger charge is 2.11. The van der Waals surface area contributed by atoms with Crippen molar-refractivity contribution in [1.29, 1.82) is 0 Å². The first kappa shape index (κ1) is 14.9. The van der Waals surface area contributed by atoms with Gasteiger partial charge in [-0.25, -0.2) is 0 Å². The fourth-order valence-electron chi connectivity index (χ4n) is 0.821. The van der Waals surface area contributed by atoms with E-state index in [9.17, 15) is 9.59 Å². The number of nitrogens with one attached hydrogen (secondary N) is 1. The number of carbonyl (C=O) groups excluding carboxylic acids is 2. The van der Waals surface area contributed by atoms with Gasteiger partial charge in [0.25, 0.3) is 0 Å². The van der Waals surface area contributed by atoms with Gasteiger partial charge in [0.1, 0.15) is 13.2 Å². The predicted molar refractivity (Wildman–Crippen MR) is 59.8 cm³/mol. The second-order valence-corrected chi connectivity index (χ2v) is 4.11. The van der Waals surface area contributed by atoms with Gasteiger partial charge in [0.2, 0.25) is 5.91 Å². The fourth-order valence-corrected chi connectivity index (χ4v) is 0.821.